The molecule has 1 aliphatic rings. The fraction of sp³-hybridized carbons (Fsp3) is 0.350. The van der Waals surface area contributed by atoms with Gasteiger partial charge in [0, 0.05) is 11.3 Å². The van der Waals surface area contributed by atoms with Crippen LogP contribution in [-0.2, 0) is 4.79 Å². The van der Waals surface area contributed by atoms with Gasteiger partial charge < -0.3 is 10.4 Å². The van der Waals surface area contributed by atoms with Crippen molar-refractivity contribution in [1.29, 1.82) is 0 Å². The number of aryl methyl sites for hydroxylation is 4. The van der Waals surface area contributed by atoms with Crippen molar-refractivity contribution in [3.8, 4) is 5.75 Å². The van der Waals surface area contributed by atoms with Crippen LogP contribution < -0.4 is 16.2 Å². The first-order valence-electron chi connectivity index (χ1n) is 8.54. The summed E-state index contributed by atoms with van der Waals surface area (Å²) in [5.74, 6) is 0.214. The fourth-order valence-electron chi connectivity index (χ4n) is 3.36. The van der Waals surface area contributed by atoms with Crippen LogP contribution >= 0.6 is 0 Å². The van der Waals surface area contributed by atoms with Crippen LogP contribution in [0.2, 0.25) is 0 Å². The van der Waals surface area contributed by atoms with Gasteiger partial charge in [-0.25, -0.2) is 10.9 Å². The molecule has 132 valence electrons. The van der Waals surface area contributed by atoms with E-state index in [1.54, 1.807) is 0 Å². The number of hydrogen-bond donors (Lipinski definition) is 4. The number of nitrogens with one attached hydrogen (secondary N) is 3. The molecule has 0 spiro atoms. The quantitative estimate of drug-likeness (QED) is 0.693. The molecular formula is C20H25N3O2. The second-order valence-electron chi connectivity index (χ2n) is 6.96. The van der Waals surface area contributed by atoms with E-state index in [-0.39, 0.29) is 18.0 Å². The molecule has 0 bridgehead atoms. The maximum atomic E-state index is 12.6. The first-order chi connectivity index (χ1) is 11.8. The highest BCUT2D eigenvalue weighted by Crippen LogP contribution is 2.33. The zero-order valence-corrected chi connectivity index (χ0v) is 15.1. The average molecular weight is 339 g/mol. The summed E-state index contributed by atoms with van der Waals surface area (Å²) in [7, 11) is 0. The lowest BCUT2D eigenvalue weighted by Gasteiger charge is -2.15. The van der Waals surface area contributed by atoms with Crippen LogP contribution in [0.5, 0.6) is 5.75 Å². The van der Waals surface area contributed by atoms with Crippen molar-refractivity contribution in [3.05, 3.63) is 58.1 Å². The number of anilines is 1. The molecule has 1 heterocycles. The molecule has 0 aromatic heterocycles. The van der Waals surface area contributed by atoms with Crippen LogP contribution in [0.1, 0.15) is 40.3 Å². The second kappa shape index (κ2) is 6.86. The Hall–Kier alpha value is -2.37. The zero-order chi connectivity index (χ0) is 18.1. The first kappa shape index (κ1) is 17.5. The number of carbonyl (C=O) groups is 1. The number of rotatable bonds is 3. The predicted molar refractivity (Wildman–Crippen MR) is 99.5 cm³/mol. The van der Waals surface area contributed by atoms with E-state index in [9.17, 15) is 9.90 Å². The van der Waals surface area contributed by atoms with Crippen molar-refractivity contribution in [1.82, 2.24) is 10.9 Å². The van der Waals surface area contributed by atoms with Gasteiger partial charge in [0.25, 0.3) is 0 Å². The standard InChI is InChI=1S/C20H25N3O2/c1-11-5-6-16(13(3)7-11)21-20(25)18-10-17(22-23-18)15-9-12(2)8-14(4)19(15)24/h5-9,17-18,22-24H,10H2,1-4H3,(H,21,25). The van der Waals surface area contributed by atoms with Crippen LogP contribution in [0.15, 0.2) is 30.3 Å². The van der Waals surface area contributed by atoms with Crippen molar-refractivity contribution in [2.75, 3.05) is 5.32 Å². The van der Waals surface area contributed by atoms with E-state index in [4.69, 9.17) is 0 Å². The lowest BCUT2D eigenvalue weighted by molar-refractivity contribution is -0.117. The smallest absolute Gasteiger partial charge is 0.242 e. The first-order valence-corrected chi connectivity index (χ1v) is 8.54. The van der Waals surface area contributed by atoms with Gasteiger partial charge in [-0.15, -0.1) is 0 Å². The van der Waals surface area contributed by atoms with Gasteiger partial charge in [-0.1, -0.05) is 35.4 Å². The zero-order valence-electron chi connectivity index (χ0n) is 15.1. The summed E-state index contributed by atoms with van der Waals surface area (Å²) in [5.41, 5.74) is 12.0. The molecule has 3 rings (SSSR count). The second-order valence-corrected chi connectivity index (χ2v) is 6.96. The third kappa shape index (κ3) is 3.67. The molecule has 0 radical (unpaired) electrons. The predicted octanol–water partition coefficient (Wildman–Crippen LogP) is 3.17. The maximum Gasteiger partial charge on any atom is 0.242 e. The summed E-state index contributed by atoms with van der Waals surface area (Å²) >= 11 is 0. The largest absolute Gasteiger partial charge is 0.507 e. The summed E-state index contributed by atoms with van der Waals surface area (Å²) < 4.78 is 0. The van der Waals surface area contributed by atoms with E-state index >= 15 is 0 Å². The third-order valence-electron chi connectivity index (χ3n) is 4.71. The summed E-state index contributed by atoms with van der Waals surface area (Å²) in [6, 6.07) is 9.42. The number of hydrogen-bond acceptors (Lipinski definition) is 4. The van der Waals surface area contributed by atoms with Crippen molar-refractivity contribution in [2.45, 2.75) is 46.2 Å². The topological polar surface area (TPSA) is 73.4 Å². The Bertz CT molecular complexity index is 817. The van der Waals surface area contributed by atoms with Gasteiger partial charge >= 0.3 is 0 Å². The van der Waals surface area contributed by atoms with Crippen LogP contribution in [0.3, 0.4) is 0 Å². The molecule has 2 aromatic carbocycles. The Morgan fingerprint density at radius 2 is 1.76 bits per heavy atom. The minimum atomic E-state index is -0.356. The highest BCUT2D eigenvalue weighted by molar-refractivity contribution is 5.95. The number of benzene rings is 2. The van der Waals surface area contributed by atoms with Crippen molar-refractivity contribution in [2.24, 2.45) is 0 Å². The van der Waals surface area contributed by atoms with Gasteiger partial charge in [0.1, 0.15) is 11.8 Å². The monoisotopic (exact) mass is 339 g/mol. The van der Waals surface area contributed by atoms with Gasteiger partial charge in [0.2, 0.25) is 5.91 Å². The molecule has 0 saturated carbocycles. The molecule has 2 unspecified atom stereocenters. The van der Waals surface area contributed by atoms with Gasteiger partial charge in [-0.2, -0.15) is 0 Å². The van der Waals surface area contributed by atoms with Crippen LogP contribution in [0, 0.1) is 27.7 Å². The van der Waals surface area contributed by atoms with E-state index < -0.39 is 0 Å². The number of phenols is 1. The lowest BCUT2D eigenvalue weighted by Crippen LogP contribution is -2.39. The van der Waals surface area contributed by atoms with E-state index in [0.717, 1.165) is 27.9 Å². The molecule has 4 N–H and O–H groups in total. The lowest BCUT2D eigenvalue weighted by atomic mass is 9.96. The Balaban J connectivity index is 1.71. The third-order valence-corrected chi connectivity index (χ3v) is 4.71. The molecule has 1 fully saturated rings. The van der Waals surface area contributed by atoms with Gasteiger partial charge in [0.15, 0.2) is 0 Å². The molecular weight excluding hydrogens is 314 g/mol. The van der Waals surface area contributed by atoms with Gasteiger partial charge in [0.05, 0.1) is 6.04 Å². The van der Waals surface area contributed by atoms with Gasteiger partial charge in [-0.05, 0) is 51.3 Å². The summed E-state index contributed by atoms with van der Waals surface area (Å²) in [5, 5.41) is 13.3. The summed E-state index contributed by atoms with van der Waals surface area (Å²) in [4.78, 5) is 12.6. The summed E-state index contributed by atoms with van der Waals surface area (Å²) in [6.07, 6.45) is 0.577. The van der Waals surface area contributed by atoms with Crippen LogP contribution in [0.4, 0.5) is 5.69 Å². The van der Waals surface area contributed by atoms with Crippen LogP contribution in [-0.4, -0.2) is 17.1 Å². The molecule has 1 amide bonds. The summed E-state index contributed by atoms with van der Waals surface area (Å²) in [6.45, 7) is 7.91. The SMILES string of the molecule is Cc1ccc(NC(=O)C2CC(c3cc(C)cc(C)c3O)NN2)c(C)c1. The van der Waals surface area contributed by atoms with Crippen molar-refractivity contribution >= 4 is 11.6 Å². The molecule has 2 aromatic rings. The molecule has 25 heavy (non-hydrogen) atoms. The number of hydrazine groups is 1. The number of carbonyl (C=O) groups excluding carboxylic acids is 1. The van der Waals surface area contributed by atoms with Gasteiger partial charge in [-0.3, -0.25) is 4.79 Å². The molecule has 1 saturated heterocycles. The number of aromatic hydroxyl groups is 1. The number of amides is 1. The highest BCUT2D eigenvalue weighted by atomic mass is 16.3. The highest BCUT2D eigenvalue weighted by Gasteiger charge is 2.32. The molecule has 1 aliphatic heterocycles. The van der Waals surface area contributed by atoms with E-state index in [2.05, 4.69) is 16.2 Å². The van der Waals surface area contributed by atoms with E-state index in [1.165, 1.54) is 5.56 Å². The van der Waals surface area contributed by atoms with E-state index in [0.29, 0.717) is 12.2 Å². The fourth-order valence-corrected chi connectivity index (χ4v) is 3.36. The Morgan fingerprint density at radius 3 is 2.48 bits per heavy atom. The van der Waals surface area contributed by atoms with Crippen molar-refractivity contribution < 1.29 is 9.90 Å². The Morgan fingerprint density at radius 1 is 1.04 bits per heavy atom. The molecule has 2 atom stereocenters. The molecule has 5 nitrogen and oxygen atoms in total. The molecule has 5 heteroatoms. The minimum absolute atomic E-state index is 0.0779. The van der Waals surface area contributed by atoms with E-state index in [1.807, 2.05) is 58.0 Å². The Kier molecular flexibility index (Phi) is 4.79. The van der Waals surface area contributed by atoms with Crippen LogP contribution in [0.25, 0.3) is 0 Å². The maximum absolute atomic E-state index is 12.6. The average Bonchev–Trinajstić information content (AvgIpc) is 3.03. The number of phenolic OH excluding ortho intramolecular Hbond substituents is 1. The Labute approximate surface area is 148 Å². The van der Waals surface area contributed by atoms with Crippen molar-refractivity contribution in [3.63, 3.8) is 0 Å². The molecule has 0 aliphatic carbocycles. The minimum Gasteiger partial charge on any atom is -0.507 e. The normalized spacial score (nSPS) is 19.8.